The Bertz CT molecular complexity index is 831. The molecule has 0 aliphatic carbocycles. The van der Waals surface area contributed by atoms with Gasteiger partial charge in [-0.05, 0) is 12.1 Å². The van der Waals surface area contributed by atoms with Gasteiger partial charge in [0.1, 0.15) is 6.61 Å². The highest BCUT2D eigenvalue weighted by atomic mass is 32.2. The van der Waals surface area contributed by atoms with Crippen LogP contribution in [0.15, 0.2) is 29.6 Å². The fourth-order valence-corrected chi connectivity index (χ4v) is 3.70. The number of carbonyl (C=O) groups is 1. The number of thiazole rings is 1. The predicted octanol–water partition coefficient (Wildman–Crippen LogP) is 2.18. The standard InChI is InChI=1S/C15H17N3O4S2/c1-24(20,21)17-12-4-2-11(3-5-12)13-10-23-14(16-13)6-7-18-8-9-22-15(18)19/h2-5,10,17H,6-9H2,1H3. The number of amides is 1. The zero-order valence-electron chi connectivity index (χ0n) is 13.1. The van der Waals surface area contributed by atoms with Crippen LogP contribution in [0.5, 0.6) is 0 Å². The Morgan fingerprint density at radius 1 is 1.33 bits per heavy atom. The molecule has 0 bridgehead atoms. The second kappa shape index (κ2) is 6.78. The molecule has 1 saturated heterocycles. The van der Waals surface area contributed by atoms with Crippen LogP contribution in [0.3, 0.4) is 0 Å². The molecular formula is C15H17N3O4S2. The van der Waals surface area contributed by atoms with Crippen molar-refractivity contribution in [3.63, 3.8) is 0 Å². The van der Waals surface area contributed by atoms with Crippen LogP contribution in [0.2, 0.25) is 0 Å². The second-order valence-corrected chi connectivity index (χ2v) is 8.12. The summed E-state index contributed by atoms with van der Waals surface area (Å²) in [5.41, 5.74) is 2.27. The fourth-order valence-electron chi connectivity index (χ4n) is 2.34. The van der Waals surface area contributed by atoms with Crippen LogP contribution in [0.25, 0.3) is 11.3 Å². The van der Waals surface area contributed by atoms with E-state index in [0.717, 1.165) is 22.5 Å². The summed E-state index contributed by atoms with van der Waals surface area (Å²) in [7, 11) is -3.28. The summed E-state index contributed by atoms with van der Waals surface area (Å²) in [6.07, 6.45) is 1.54. The number of anilines is 1. The number of ether oxygens (including phenoxy) is 1. The summed E-state index contributed by atoms with van der Waals surface area (Å²) in [4.78, 5) is 17.6. The van der Waals surface area contributed by atoms with Crippen LogP contribution < -0.4 is 4.72 Å². The third kappa shape index (κ3) is 4.24. The van der Waals surface area contributed by atoms with Crippen molar-refractivity contribution in [1.82, 2.24) is 9.88 Å². The molecule has 128 valence electrons. The number of cyclic esters (lactones) is 1. The van der Waals surface area contributed by atoms with Gasteiger partial charge in [0.05, 0.1) is 23.5 Å². The van der Waals surface area contributed by atoms with Gasteiger partial charge in [0, 0.05) is 29.6 Å². The number of benzene rings is 1. The lowest BCUT2D eigenvalue weighted by molar-refractivity contribution is 0.159. The quantitative estimate of drug-likeness (QED) is 0.845. The number of hydrogen-bond acceptors (Lipinski definition) is 6. The molecule has 1 aliphatic rings. The molecule has 0 radical (unpaired) electrons. The van der Waals surface area contributed by atoms with Crippen molar-refractivity contribution < 1.29 is 17.9 Å². The van der Waals surface area contributed by atoms with Gasteiger partial charge >= 0.3 is 6.09 Å². The van der Waals surface area contributed by atoms with Gasteiger partial charge in [0.15, 0.2) is 0 Å². The van der Waals surface area contributed by atoms with Crippen LogP contribution >= 0.6 is 11.3 Å². The Hall–Kier alpha value is -2.13. The lowest BCUT2D eigenvalue weighted by Crippen LogP contribution is -2.26. The molecule has 7 nitrogen and oxygen atoms in total. The maximum Gasteiger partial charge on any atom is 0.409 e. The van der Waals surface area contributed by atoms with Crippen molar-refractivity contribution in [3.8, 4) is 11.3 Å². The van der Waals surface area contributed by atoms with Gasteiger partial charge in [-0.1, -0.05) is 12.1 Å². The molecule has 24 heavy (non-hydrogen) atoms. The second-order valence-electron chi connectivity index (χ2n) is 5.43. The van der Waals surface area contributed by atoms with Crippen LogP contribution in [0.4, 0.5) is 10.5 Å². The zero-order valence-corrected chi connectivity index (χ0v) is 14.7. The van der Waals surface area contributed by atoms with Crippen molar-refractivity contribution in [2.75, 3.05) is 30.7 Å². The Labute approximate surface area is 144 Å². The van der Waals surface area contributed by atoms with E-state index in [0.29, 0.717) is 31.8 Å². The molecule has 0 spiro atoms. The summed E-state index contributed by atoms with van der Waals surface area (Å²) in [5.74, 6) is 0. The molecule has 9 heteroatoms. The number of nitrogens with one attached hydrogen (secondary N) is 1. The summed E-state index contributed by atoms with van der Waals surface area (Å²) in [6.45, 7) is 1.69. The average molecular weight is 367 g/mol. The molecule has 0 atom stereocenters. The van der Waals surface area contributed by atoms with E-state index in [-0.39, 0.29) is 6.09 Å². The fraction of sp³-hybridized carbons (Fsp3) is 0.333. The van der Waals surface area contributed by atoms with Gasteiger partial charge in [0.2, 0.25) is 10.0 Å². The molecular weight excluding hydrogens is 350 g/mol. The number of sulfonamides is 1. The van der Waals surface area contributed by atoms with E-state index < -0.39 is 10.0 Å². The summed E-state index contributed by atoms with van der Waals surface area (Å²) in [5, 5.41) is 2.90. The van der Waals surface area contributed by atoms with E-state index in [9.17, 15) is 13.2 Å². The number of aromatic nitrogens is 1. The maximum atomic E-state index is 11.4. The smallest absolute Gasteiger partial charge is 0.409 e. The third-order valence-corrected chi connectivity index (χ3v) is 4.99. The van der Waals surface area contributed by atoms with Gasteiger partial charge in [-0.25, -0.2) is 18.2 Å². The molecule has 2 aromatic rings. The van der Waals surface area contributed by atoms with Crippen molar-refractivity contribution >= 4 is 33.1 Å². The van der Waals surface area contributed by atoms with Crippen molar-refractivity contribution in [3.05, 3.63) is 34.7 Å². The van der Waals surface area contributed by atoms with E-state index in [1.165, 1.54) is 0 Å². The molecule has 1 N–H and O–H groups in total. The minimum absolute atomic E-state index is 0.263. The lowest BCUT2D eigenvalue weighted by Gasteiger charge is -2.10. The van der Waals surface area contributed by atoms with Gasteiger partial charge in [-0.2, -0.15) is 0 Å². The normalized spacial score (nSPS) is 14.7. The van der Waals surface area contributed by atoms with Crippen LogP contribution in [0.1, 0.15) is 5.01 Å². The first-order chi connectivity index (χ1) is 11.4. The van der Waals surface area contributed by atoms with E-state index in [1.54, 1.807) is 28.4 Å². The molecule has 1 fully saturated rings. The Balaban J connectivity index is 1.63. The van der Waals surface area contributed by atoms with E-state index in [4.69, 9.17) is 4.74 Å². The summed E-state index contributed by atoms with van der Waals surface area (Å²) < 4.78 is 29.7. The number of carbonyl (C=O) groups excluding carboxylic acids is 1. The Morgan fingerprint density at radius 3 is 2.71 bits per heavy atom. The largest absolute Gasteiger partial charge is 0.448 e. The van der Waals surface area contributed by atoms with Gasteiger partial charge in [0.25, 0.3) is 0 Å². The minimum atomic E-state index is -3.28. The molecule has 2 heterocycles. The number of nitrogens with zero attached hydrogens (tertiary/aromatic N) is 2. The minimum Gasteiger partial charge on any atom is -0.448 e. The monoisotopic (exact) mass is 367 g/mol. The van der Waals surface area contributed by atoms with Crippen LogP contribution in [-0.4, -0.2) is 50.3 Å². The number of rotatable bonds is 6. The maximum absolute atomic E-state index is 11.4. The van der Waals surface area contributed by atoms with Crippen molar-refractivity contribution in [1.29, 1.82) is 0 Å². The van der Waals surface area contributed by atoms with E-state index in [1.807, 2.05) is 17.5 Å². The first-order valence-corrected chi connectivity index (χ1v) is 10.1. The van der Waals surface area contributed by atoms with E-state index in [2.05, 4.69) is 9.71 Å². The predicted molar refractivity (Wildman–Crippen MR) is 92.6 cm³/mol. The van der Waals surface area contributed by atoms with Gasteiger partial charge < -0.3 is 9.64 Å². The molecule has 0 unspecified atom stereocenters. The van der Waals surface area contributed by atoms with Gasteiger partial charge in [-0.3, -0.25) is 4.72 Å². The molecule has 1 aromatic heterocycles. The van der Waals surface area contributed by atoms with Crippen LogP contribution in [0, 0.1) is 0 Å². The first kappa shape index (κ1) is 16.7. The Kier molecular flexibility index (Phi) is 4.72. The highest BCUT2D eigenvalue weighted by molar-refractivity contribution is 7.92. The molecule has 1 aromatic carbocycles. The van der Waals surface area contributed by atoms with Crippen molar-refractivity contribution in [2.24, 2.45) is 0 Å². The molecule has 1 amide bonds. The van der Waals surface area contributed by atoms with Gasteiger partial charge in [-0.15, -0.1) is 11.3 Å². The zero-order chi connectivity index (χ0) is 17.2. The SMILES string of the molecule is CS(=O)(=O)Nc1ccc(-c2csc(CCN3CCOC3=O)n2)cc1. The average Bonchev–Trinajstić information content (AvgIpc) is 3.13. The van der Waals surface area contributed by atoms with Crippen molar-refractivity contribution in [2.45, 2.75) is 6.42 Å². The van der Waals surface area contributed by atoms with Crippen LogP contribution in [-0.2, 0) is 21.2 Å². The van der Waals surface area contributed by atoms with E-state index >= 15 is 0 Å². The summed E-state index contributed by atoms with van der Waals surface area (Å²) in [6, 6.07) is 7.06. The highest BCUT2D eigenvalue weighted by Crippen LogP contribution is 2.24. The Morgan fingerprint density at radius 2 is 2.08 bits per heavy atom. The molecule has 1 aliphatic heterocycles. The topological polar surface area (TPSA) is 88.6 Å². The summed E-state index contributed by atoms with van der Waals surface area (Å²) >= 11 is 1.54. The number of hydrogen-bond donors (Lipinski definition) is 1. The third-order valence-electron chi connectivity index (χ3n) is 3.48. The molecule has 0 saturated carbocycles. The first-order valence-electron chi connectivity index (χ1n) is 7.35. The highest BCUT2D eigenvalue weighted by Gasteiger charge is 2.21. The lowest BCUT2D eigenvalue weighted by atomic mass is 10.1. The molecule has 3 rings (SSSR count).